The summed E-state index contributed by atoms with van der Waals surface area (Å²) in [5, 5.41) is 12.6. The molecule has 1 rings (SSSR count). The zero-order valence-electron chi connectivity index (χ0n) is 9.80. The minimum absolute atomic E-state index is 0.519. The molecule has 0 heterocycles. The van der Waals surface area contributed by atoms with E-state index in [-0.39, 0.29) is 0 Å². The summed E-state index contributed by atoms with van der Waals surface area (Å²) < 4.78 is 5.10. The molecule has 0 spiro atoms. The maximum Gasteiger partial charge on any atom is 0.409 e. The zero-order chi connectivity index (χ0) is 11.5. The Labute approximate surface area is 91.0 Å². The summed E-state index contributed by atoms with van der Waals surface area (Å²) >= 11 is 0. The Kier molecular flexibility index (Phi) is 3.60. The van der Waals surface area contributed by atoms with Crippen LogP contribution in [0, 0.1) is 0 Å². The third-order valence-electron chi connectivity index (χ3n) is 2.41. The summed E-state index contributed by atoms with van der Waals surface area (Å²) in [7, 11) is 0. The van der Waals surface area contributed by atoms with Crippen LogP contribution in [-0.4, -0.2) is 22.5 Å². The van der Waals surface area contributed by atoms with Gasteiger partial charge in [-0.15, -0.1) is 0 Å². The predicted octanol–water partition coefficient (Wildman–Crippen LogP) is 2.16. The fourth-order valence-corrected chi connectivity index (χ4v) is 1.76. The largest absolute Gasteiger partial charge is 0.444 e. The molecule has 15 heavy (non-hydrogen) atoms. The van der Waals surface area contributed by atoms with Gasteiger partial charge in [-0.2, -0.15) is 0 Å². The molecular formula is C11H21NO3. The Balaban J connectivity index is 2.42. The van der Waals surface area contributed by atoms with Gasteiger partial charge in [0.2, 0.25) is 0 Å². The molecule has 1 amide bonds. The summed E-state index contributed by atoms with van der Waals surface area (Å²) in [6.07, 6.45) is 3.72. The molecule has 88 valence electrons. The third-order valence-corrected chi connectivity index (χ3v) is 2.41. The summed E-state index contributed by atoms with van der Waals surface area (Å²) in [4.78, 5) is 11.4. The van der Waals surface area contributed by atoms with Crippen LogP contribution in [0.15, 0.2) is 0 Å². The number of ether oxygens (including phenoxy) is 1. The molecule has 4 heteroatoms. The molecule has 1 aliphatic rings. The van der Waals surface area contributed by atoms with E-state index in [1.54, 1.807) is 20.8 Å². The van der Waals surface area contributed by atoms with Crippen molar-refractivity contribution in [3.05, 3.63) is 0 Å². The minimum atomic E-state index is -1.05. The van der Waals surface area contributed by atoms with Crippen LogP contribution in [0.1, 0.15) is 52.9 Å². The number of carbonyl (C=O) groups is 1. The van der Waals surface area contributed by atoms with Crippen molar-refractivity contribution >= 4 is 6.09 Å². The smallest absolute Gasteiger partial charge is 0.409 e. The number of amides is 1. The van der Waals surface area contributed by atoms with Gasteiger partial charge in [0, 0.05) is 0 Å². The first-order valence-electron chi connectivity index (χ1n) is 5.54. The van der Waals surface area contributed by atoms with Gasteiger partial charge < -0.3 is 9.84 Å². The van der Waals surface area contributed by atoms with Crippen LogP contribution in [0.2, 0.25) is 0 Å². The van der Waals surface area contributed by atoms with Crippen molar-refractivity contribution in [2.45, 2.75) is 64.2 Å². The van der Waals surface area contributed by atoms with Crippen LogP contribution < -0.4 is 5.32 Å². The number of hydrogen-bond acceptors (Lipinski definition) is 3. The molecule has 1 fully saturated rings. The summed E-state index contributed by atoms with van der Waals surface area (Å²) in [6, 6.07) is 0. The molecule has 0 bridgehead atoms. The molecule has 2 N–H and O–H groups in total. The minimum Gasteiger partial charge on any atom is -0.444 e. The second kappa shape index (κ2) is 4.39. The third kappa shape index (κ3) is 4.51. The Hall–Kier alpha value is -0.770. The van der Waals surface area contributed by atoms with Crippen molar-refractivity contribution < 1.29 is 14.6 Å². The van der Waals surface area contributed by atoms with Crippen LogP contribution in [0.3, 0.4) is 0 Å². The van der Waals surface area contributed by atoms with Gasteiger partial charge in [0.05, 0.1) is 0 Å². The van der Waals surface area contributed by atoms with Crippen LogP contribution >= 0.6 is 0 Å². The fourth-order valence-electron chi connectivity index (χ4n) is 1.76. The van der Waals surface area contributed by atoms with E-state index < -0.39 is 17.4 Å². The van der Waals surface area contributed by atoms with Gasteiger partial charge in [0.1, 0.15) is 11.3 Å². The first-order valence-corrected chi connectivity index (χ1v) is 5.54. The summed E-state index contributed by atoms with van der Waals surface area (Å²) in [5.74, 6) is 0. The average Bonchev–Trinajstić information content (AvgIpc) is 1.99. The SMILES string of the molecule is CC(C)(C)OC(=O)NC1(O)CCCCC1. The van der Waals surface area contributed by atoms with E-state index >= 15 is 0 Å². The molecule has 0 atom stereocenters. The molecule has 1 aliphatic carbocycles. The molecular weight excluding hydrogens is 194 g/mol. The van der Waals surface area contributed by atoms with Gasteiger partial charge in [0.15, 0.2) is 0 Å². The summed E-state index contributed by atoms with van der Waals surface area (Å²) in [5.41, 5.74) is -1.57. The van der Waals surface area contributed by atoms with Crippen LogP contribution in [-0.2, 0) is 4.74 Å². The Morgan fingerprint density at radius 1 is 1.27 bits per heavy atom. The first-order chi connectivity index (χ1) is 6.81. The highest BCUT2D eigenvalue weighted by Crippen LogP contribution is 2.25. The number of hydrogen-bond donors (Lipinski definition) is 2. The standard InChI is InChI=1S/C11H21NO3/c1-10(2,3)15-9(13)12-11(14)7-5-4-6-8-11/h14H,4-8H2,1-3H3,(H,12,13). The Morgan fingerprint density at radius 3 is 2.27 bits per heavy atom. The normalized spacial score (nSPS) is 20.8. The second-order valence-electron chi connectivity index (χ2n) is 5.22. The monoisotopic (exact) mass is 215 g/mol. The summed E-state index contributed by atoms with van der Waals surface area (Å²) in [6.45, 7) is 5.41. The number of rotatable bonds is 1. The van der Waals surface area contributed by atoms with Crippen molar-refractivity contribution in [3.8, 4) is 0 Å². The van der Waals surface area contributed by atoms with Gasteiger partial charge in [-0.05, 0) is 46.5 Å². The lowest BCUT2D eigenvalue weighted by Crippen LogP contribution is -2.51. The van der Waals surface area contributed by atoms with Gasteiger partial charge >= 0.3 is 6.09 Å². The quantitative estimate of drug-likeness (QED) is 0.659. The first kappa shape index (κ1) is 12.3. The van der Waals surface area contributed by atoms with E-state index in [1.807, 2.05) is 0 Å². The van der Waals surface area contributed by atoms with Gasteiger partial charge in [0.25, 0.3) is 0 Å². The van der Waals surface area contributed by atoms with Crippen molar-refractivity contribution in [1.82, 2.24) is 5.32 Å². The Bertz CT molecular complexity index is 226. The molecule has 0 aromatic carbocycles. The number of nitrogens with one attached hydrogen (secondary N) is 1. The highest BCUT2D eigenvalue weighted by atomic mass is 16.6. The van der Waals surface area contributed by atoms with E-state index in [4.69, 9.17) is 4.74 Å². The number of aliphatic hydroxyl groups is 1. The molecule has 0 unspecified atom stereocenters. The van der Waals surface area contributed by atoms with Gasteiger partial charge in [-0.3, -0.25) is 5.32 Å². The zero-order valence-corrected chi connectivity index (χ0v) is 9.80. The van der Waals surface area contributed by atoms with Crippen LogP contribution in [0.25, 0.3) is 0 Å². The molecule has 0 radical (unpaired) electrons. The highest BCUT2D eigenvalue weighted by molar-refractivity contribution is 5.68. The lowest BCUT2D eigenvalue weighted by atomic mass is 9.92. The van der Waals surface area contributed by atoms with E-state index in [0.29, 0.717) is 12.8 Å². The van der Waals surface area contributed by atoms with Gasteiger partial charge in [-0.1, -0.05) is 6.42 Å². The van der Waals surface area contributed by atoms with Crippen molar-refractivity contribution in [2.75, 3.05) is 0 Å². The maximum atomic E-state index is 11.4. The van der Waals surface area contributed by atoms with Crippen molar-refractivity contribution in [2.24, 2.45) is 0 Å². The van der Waals surface area contributed by atoms with Crippen molar-refractivity contribution in [3.63, 3.8) is 0 Å². The number of alkyl carbamates (subject to hydrolysis) is 1. The predicted molar refractivity (Wildman–Crippen MR) is 57.4 cm³/mol. The molecule has 0 aromatic rings. The van der Waals surface area contributed by atoms with Crippen LogP contribution in [0.5, 0.6) is 0 Å². The molecule has 4 nitrogen and oxygen atoms in total. The lowest BCUT2D eigenvalue weighted by molar-refractivity contribution is -0.0370. The Morgan fingerprint density at radius 2 is 1.80 bits per heavy atom. The highest BCUT2D eigenvalue weighted by Gasteiger charge is 2.32. The molecule has 0 aliphatic heterocycles. The average molecular weight is 215 g/mol. The molecule has 0 aromatic heterocycles. The second-order valence-corrected chi connectivity index (χ2v) is 5.22. The number of carbonyl (C=O) groups excluding carboxylic acids is 1. The van der Waals surface area contributed by atoms with E-state index in [9.17, 15) is 9.90 Å². The van der Waals surface area contributed by atoms with E-state index in [2.05, 4.69) is 5.32 Å². The maximum absolute atomic E-state index is 11.4. The molecule has 1 saturated carbocycles. The van der Waals surface area contributed by atoms with Crippen molar-refractivity contribution in [1.29, 1.82) is 0 Å². The van der Waals surface area contributed by atoms with Crippen LogP contribution in [0.4, 0.5) is 4.79 Å². The molecule has 0 saturated heterocycles. The van der Waals surface area contributed by atoms with E-state index in [1.165, 1.54) is 0 Å². The fraction of sp³-hybridized carbons (Fsp3) is 0.909. The lowest BCUT2D eigenvalue weighted by Gasteiger charge is -2.33. The topological polar surface area (TPSA) is 58.6 Å². The van der Waals surface area contributed by atoms with Gasteiger partial charge in [-0.25, -0.2) is 4.79 Å². The van der Waals surface area contributed by atoms with E-state index in [0.717, 1.165) is 19.3 Å².